The van der Waals surface area contributed by atoms with Crippen molar-refractivity contribution in [3.8, 4) is 11.5 Å². The van der Waals surface area contributed by atoms with Gasteiger partial charge < -0.3 is 34.4 Å². The van der Waals surface area contributed by atoms with Crippen LogP contribution in [0, 0.1) is 6.92 Å². The van der Waals surface area contributed by atoms with E-state index in [1.54, 1.807) is 30.9 Å². The normalized spacial score (nSPS) is 29.0. The highest BCUT2D eigenvalue weighted by Gasteiger charge is 2.53. The van der Waals surface area contributed by atoms with Crippen LogP contribution in [0.4, 0.5) is 0 Å². The Balaban J connectivity index is 1.50. The number of ether oxygens (including phenoxy) is 3. The Bertz CT molecular complexity index is 1450. The van der Waals surface area contributed by atoms with Crippen LogP contribution in [0.2, 0.25) is 0 Å². The maximum Gasteiger partial charge on any atom is 0.331 e. The van der Waals surface area contributed by atoms with Crippen LogP contribution in [0.25, 0.3) is 5.57 Å². The van der Waals surface area contributed by atoms with Crippen molar-refractivity contribution in [2.24, 2.45) is 0 Å². The summed E-state index contributed by atoms with van der Waals surface area (Å²) >= 11 is 0. The zero-order valence-electron chi connectivity index (χ0n) is 22.4. The first kappa shape index (κ1) is 26.5. The lowest BCUT2D eigenvalue weighted by Crippen LogP contribution is -2.48. The fourth-order valence-corrected chi connectivity index (χ4v) is 6.17. The maximum absolute atomic E-state index is 14.4. The van der Waals surface area contributed by atoms with E-state index in [1.807, 2.05) is 6.92 Å². The molecule has 10 heteroatoms. The Kier molecular flexibility index (Phi) is 6.44. The lowest BCUT2D eigenvalue weighted by Gasteiger charge is -2.39. The molecule has 0 amide bonds. The molecule has 0 saturated carbocycles. The zero-order valence-corrected chi connectivity index (χ0v) is 22.4. The molecule has 10 nitrogen and oxygen atoms in total. The van der Waals surface area contributed by atoms with E-state index in [1.165, 1.54) is 18.2 Å². The topological polar surface area (TPSA) is 143 Å². The van der Waals surface area contributed by atoms with E-state index in [-0.39, 0.29) is 45.9 Å². The molecule has 1 aliphatic carbocycles. The molecule has 2 fully saturated rings. The number of phenolic OH excluding ortho intramolecular Hbond substituents is 1. The molecule has 3 heterocycles. The van der Waals surface area contributed by atoms with Crippen LogP contribution in [-0.2, 0) is 14.3 Å². The number of aryl methyl sites for hydroxylation is 1. The van der Waals surface area contributed by atoms with Crippen molar-refractivity contribution in [1.29, 1.82) is 0 Å². The fourth-order valence-electron chi connectivity index (χ4n) is 6.17. The number of ketones is 2. The number of benzene rings is 2. The molecule has 210 valence electrons. The minimum absolute atomic E-state index is 0.00510. The van der Waals surface area contributed by atoms with Crippen LogP contribution in [0.15, 0.2) is 36.0 Å². The Labute approximate surface area is 230 Å². The summed E-state index contributed by atoms with van der Waals surface area (Å²) in [6, 6.07) is 7.13. The third kappa shape index (κ3) is 3.93. The summed E-state index contributed by atoms with van der Waals surface area (Å²) < 4.78 is 17.5. The molecular formula is C30H31NO9. The number of aromatic hydroxyl groups is 1. The number of rotatable bonds is 5. The quantitative estimate of drug-likeness (QED) is 0.476. The molecular weight excluding hydrogens is 518 g/mol. The molecule has 40 heavy (non-hydrogen) atoms. The smallest absolute Gasteiger partial charge is 0.331 e. The van der Waals surface area contributed by atoms with Gasteiger partial charge in [-0.15, -0.1) is 0 Å². The van der Waals surface area contributed by atoms with E-state index in [0.717, 1.165) is 6.42 Å². The minimum Gasteiger partial charge on any atom is -0.507 e. The summed E-state index contributed by atoms with van der Waals surface area (Å²) in [5, 5.41) is 31.3. The van der Waals surface area contributed by atoms with Crippen molar-refractivity contribution in [3.05, 3.63) is 63.8 Å². The Hall–Kier alpha value is -3.73. The second kappa shape index (κ2) is 9.72. The van der Waals surface area contributed by atoms with Crippen LogP contribution in [0.3, 0.4) is 0 Å². The van der Waals surface area contributed by atoms with Gasteiger partial charge in [0.05, 0.1) is 23.3 Å². The van der Waals surface area contributed by atoms with Crippen LogP contribution < -0.4 is 4.74 Å². The largest absolute Gasteiger partial charge is 0.507 e. The van der Waals surface area contributed by atoms with Gasteiger partial charge in [0.25, 0.3) is 0 Å². The van der Waals surface area contributed by atoms with Gasteiger partial charge in [-0.25, -0.2) is 4.79 Å². The summed E-state index contributed by atoms with van der Waals surface area (Å²) in [7, 11) is 0. The average Bonchev–Trinajstić information content (AvgIpc) is 3.24. The number of carbonyl (C=O) groups excluding carboxylic acids is 3. The van der Waals surface area contributed by atoms with Gasteiger partial charge in [0.2, 0.25) is 18.3 Å². The number of carbonyl (C=O) groups is 3. The monoisotopic (exact) mass is 549 g/mol. The van der Waals surface area contributed by atoms with Gasteiger partial charge >= 0.3 is 5.97 Å². The van der Waals surface area contributed by atoms with Crippen molar-refractivity contribution in [3.63, 3.8) is 0 Å². The number of allylic oxidation sites excluding steroid dienone is 2. The lowest BCUT2D eigenvalue weighted by atomic mass is 9.78. The van der Waals surface area contributed by atoms with Crippen molar-refractivity contribution < 1.29 is 43.9 Å². The molecule has 2 aromatic carbocycles. The van der Waals surface area contributed by atoms with Gasteiger partial charge in [0.15, 0.2) is 5.78 Å². The summed E-state index contributed by atoms with van der Waals surface area (Å²) in [5.74, 6) is -1.62. The summed E-state index contributed by atoms with van der Waals surface area (Å²) in [4.78, 5) is 43.2. The molecule has 3 aliphatic heterocycles. The Morgan fingerprint density at radius 1 is 1.10 bits per heavy atom. The van der Waals surface area contributed by atoms with Gasteiger partial charge in [-0.3, -0.25) is 9.59 Å². The fraction of sp³-hybridized carbons (Fsp3) is 0.433. The molecule has 2 aromatic rings. The van der Waals surface area contributed by atoms with E-state index < -0.39 is 54.4 Å². The molecule has 2 saturated heterocycles. The minimum atomic E-state index is -1.09. The molecule has 0 bridgehead atoms. The van der Waals surface area contributed by atoms with Gasteiger partial charge in [0, 0.05) is 23.1 Å². The maximum atomic E-state index is 14.4. The van der Waals surface area contributed by atoms with E-state index in [2.05, 4.69) is 0 Å². The molecule has 0 aromatic heterocycles. The number of esters is 1. The predicted molar refractivity (Wildman–Crippen MR) is 140 cm³/mol. The number of nitrogens with zero attached hydrogens (tertiary/aromatic N) is 1. The number of unbranched alkanes of at least 4 members (excludes halogenated alkanes) is 1. The van der Waals surface area contributed by atoms with Crippen molar-refractivity contribution >= 4 is 23.1 Å². The summed E-state index contributed by atoms with van der Waals surface area (Å²) in [6.07, 6.45) is -2.92. The molecule has 3 unspecified atom stereocenters. The standard InChI is InChI=1S/C30H31NO9/c1-4-5-8-17-30(37)40-29-16-10-13(2)11-18(32)22(16)24-25(31(17)29)28(36)23-15(27(24)35)7-6-9-20(23)39-21-12-19(33)26(34)14(3)38-21/h6-7,9-11,14,17,19,21,26,29,32-34H,4-5,8,12H2,1-3H3/t14?,17-,19?,21+,26+,29?/m1/s1. The molecule has 4 aliphatic rings. The first-order valence-corrected chi connectivity index (χ1v) is 13.6. The first-order valence-electron chi connectivity index (χ1n) is 13.6. The highest BCUT2D eigenvalue weighted by molar-refractivity contribution is 6.41. The Morgan fingerprint density at radius 2 is 1.88 bits per heavy atom. The van der Waals surface area contributed by atoms with Crippen LogP contribution >= 0.6 is 0 Å². The van der Waals surface area contributed by atoms with Gasteiger partial charge in [-0.2, -0.15) is 0 Å². The van der Waals surface area contributed by atoms with Crippen molar-refractivity contribution in [2.75, 3.05) is 0 Å². The number of hydrogen-bond donors (Lipinski definition) is 3. The number of aliphatic hydroxyl groups is 2. The number of Topliss-reactive ketones (excluding diaryl/α,β-unsaturated/α-hetero) is 2. The summed E-state index contributed by atoms with van der Waals surface area (Å²) in [5.41, 5.74) is 1.47. The second-order valence-corrected chi connectivity index (χ2v) is 10.8. The SMILES string of the molecule is CCCC[C@@H]1C(=O)OC2c3cc(C)cc(O)c3C3=C(C(=O)c4c(O[C@H]5CC(O)[C@@H](O)C(C)O5)cccc4C3=O)N21. The van der Waals surface area contributed by atoms with Gasteiger partial charge in [-0.1, -0.05) is 31.9 Å². The van der Waals surface area contributed by atoms with Gasteiger partial charge in [-0.05, 0) is 44.0 Å². The first-order chi connectivity index (χ1) is 19.1. The van der Waals surface area contributed by atoms with E-state index in [4.69, 9.17) is 14.2 Å². The van der Waals surface area contributed by atoms with E-state index in [0.29, 0.717) is 24.0 Å². The molecule has 0 spiro atoms. The van der Waals surface area contributed by atoms with Gasteiger partial charge in [0.1, 0.15) is 29.3 Å². The lowest BCUT2D eigenvalue weighted by molar-refractivity contribution is -0.216. The van der Waals surface area contributed by atoms with Crippen molar-refractivity contribution in [2.45, 2.75) is 83.3 Å². The molecule has 6 rings (SSSR count). The number of aliphatic hydroxyl groups excluding tert-OH is 2. The average molecular weight is 550 g/mol. The molecule has 6 atom stereocenters. The number of phenols is 1. The van der Waals surface area contributed by atoms with Crippen molar-refractivity contribution in [1.82, 2.24) is 4.90 Å². The van der Waals surface area contributed by atoms with Crippen LogP contribution in [0.1, 0.15) is 83.2 Å². The highest BCUT2D eigenvalue weighted by atomic mass is 16.7. The van der Waals surface area contributed by atoms with Crippen LogP contribution in [-0.4, -0.2) is 68.4 Å². The second-order valence-electron chi connectivity index (χ2n) is 10.8. The summed E-state index contributed by atoms with van der Waals surface area (Å²) in [6.45, 7) is 5.38. The van der Waals surface area contributed by atoms with E-state index in [9.17, 15) is 29.7 Å². The number of hydrogen-bond acceptors (Lipinski definition) is 10. The third-order valence-electron chi connectivity index (χ3n) is 8.10. The zero-order chi connectivity index (χ0) is 28.5. The molecule has 3 N–H and O–H groups in total. The third-order valence-corrected chi connectivity index (χ3v) is 8.10. The highest BCUT2D eigenvalue weighted by Crippen LogP contribution is 2.52. The number of fused-ring (bicyclic) bond motifs is 6. The predicted octanol–water partition coefficient (Wildman–Crippen LogP) is 3.16. The van der Waals surface area contributed by atoms with Crippen LogP contribution in [0.5, 0.6) is 11.5 Å². The van der Waals surface area contributed by atoms with E-state index >= 15 is 0 Å². The molecule has 0 radical (unpaired) electrons. The Morgan fingerprint density at radius 3 is 2.60 bits per heavy atom.